The van der Waals surface area contributed by atoms with Gasteiger partial charge in [0, 0.05) is 33.8 Å². The van der Waals surface area contributed by atoms with Gasteiger partial charge in [-0.3, -0.25) is 0 Å². The number of nitrogens with zero attached hydrogens (tertiary/aromatic N) is 2. The first-order valence-corrected chi connectivity index (χ1v) is 8.85. The van der Waals surface area contributed by atoms with E-state index < -0.39 is 0 Å². The molecule has 0 fully saturated rings. The first-order chi connectivity index (χ1) is 12.9. The lowest BCUT2D eigenvalue weighted by Crippen LogP contribution is -1.83. The molecule has 2 heterocycles. The molecule has 0 aliphatic carbocycles. The van der Waals surface area contributed by atoms with E-state index in [2.05, 4.69) is 15.9 Å². The van der Waals surface area contributed by atoms with Crippen LogP contribution in [0.5, 0.6) is 0 Å². The zero-order valence-corrected chi connectivity index (χ0v) is 15.6. The SMILES string of the molecule is Cc1cc2oc(C#N)cc2cc1F.N#Cc1cc2cc(F)c(CBr)cc2o1. The van der Waals surface area contributed by atoms with E-state index in [1.54, 1.807) is 19.1 Å². The van der Waals surface area contributed by atoms with E-state index in [1.165, 1.54) is 24.3 Å². The number of benzene rings is 2. The Morgan fingerprint density at radius 2 is 1.37 bits per heavy atom. The molecule has 0 N–H and O–H groups in total. The average molecular weight is 429 g/mol. The lowest BCUT2D eigenvalue weighted by atomic mass is 10.2. The summed E-state index contributed by atoms with van der Waals surface area (Å²) in [5.74, 6) is -0.163. The summed E-state index contributed by atoms with van der Waals surface area (Å²) in [5.41, 5.74) is 2.13. The van der Waals surface area contributed by atoms with Crippen molar-refractivity contribution in [2.24, 2.45) is 0 Å². The second-order valence-electron chi connectivity index (χ2n) is 5.70. The summed E-state index contributed by atoms with van der Waals surface area (Å²) in [5, 5.41) is 18.8. The summed E-state index contributed by atoms with van der Waals surface area (Å²) in [6.45, 7) is 1.66. The number of rotatable bonds is 1. The van der Waals surface area contributed by atoms with Gasteiger partial charge >= 0.3 is 0 Å². The normalized spacial score (nSPS) is 10.3. The highest BCUT2D eigenvalue weighted by Gasteiger charge is 2.08. The number of furan rings is 2. The minimum absolute atomic E-state index is 0.200. The van der Waals surface area contributed by atoms with Gasteiger partial charge in [-0.05, 0) is 36.8 Å². The van der Waals surface area contributed by atoms with Crippen molar-refractivity contribution >= 4 is 37.9 Å². The van der Waals surface area contributed by atoms with E-state index in [0.717, 1.165) is 0 Å². The van der Waals surface area contributed by atoms with Crippen LogP contribution in [0.1, 0.15) is 22.6 Å². The van der Waals surface area contributed by atoms with Gasteiger partial charge in [0.2, 0.25) is 11.5 Å². The molecular weight excluding hydrogens is 418 g/mol. The number of nitriles is 2. The van der Waals surface area contributed by atoms with Crippen LogP contribution in [-0.2, 0) is 5.33 Å². The van der Waals surface area contributed by atoms with Crippen LogP contribution in [0.4, 0.5) is 8.78 Å². The number of hydrogen-bond donors (Lipinski definition) is 0. The van der Waals surface area contributed by atoms with Crippen LogP contribution in [-0.4, -0.2) is 0 Å². The highest BCUT2D eigenvalue weighted by molar-refractivity contribution is 9.08. The van der Waals surface area contributed by atoms with Gasteiger partial charge in [-0.15, -0.1) is 0 Å². The molecule has 0 aliphatic rings. The van der Waals surface area contributed by atoms with Crippen LogP contribution in [0.3, 0.4) is 0 Å². The van der Waals surface area contributed by atoms with E-state index in [0.29, 0.717) is 38.4 Å². The Kier molecular flexibility index (Phi) is 5.25. The van der Waals surface area contributed by atoms with Crippen LogP contribution < -0.4 is 0 Å². The second-order valence-corrected chi connectivity index (χ2v) is 6.26. The van der Waals surface area contributed by atoms with Crippen molar-refractivity contribution in [3.63, 3.8) is 0 Å². The Morgan fingerprint density at radius 1 is 0.852 bits per heavy atom. The number of alkyl halides is 1. The lowest BCUT2D eigenvalue weighted by Gasteiger charge is -1.96. The fourth-order valence-electron chi connectivity index (χ4n) is 2.47. The third-order valence-electron chi connectivity index (χ3n) is 3.85. The maximum absolute atomic E-state index is 13.3. The van der Waals surface area contributed by atoms with Crippen molar-refractivity contribution in [3.8, 4) is 12.1 Å². The fourth-order valence-corrected chi connectivity index (χ4v) is 2.90. The lowest BCUT2D eigenvalue weighted by molar-refractivity contribution is 0.593. The van der Waals surface area contributed by atoms with Gasteiger partial charge in [-0.2, -0.15) is 10.5 Å². The van der Waals surface area contributed by atoms with E-state index in [-0.39, 0.29) is 23.2 Å². The number of aryl methyl sites for hydroxylation is 1. The highest BCUT2D eigenvalue weighted by Crippen LogP contribution is 2.24. The predicted molar refractivity (Wildman–Crippen MR) is 99.1 cm³/mol. The molecule has 4 rings (SSSR count). The summed E-state index contributed by atoms with van der Waals surface area (Å²) < 4.78 is 36.6. The number of fused-ring (bicyclic) bond motifs is 2. The summed E-state index contributed by atoms with van der Waals surface area (Å²) in [4.78, 5) is 0. The summed E-state index contributed by atoms with van der Waals surface area (Å²) in [7, 11) is 0. The third-order valence-corrected chi connectivity index (χ3v) is 4.45. The van der Waals surface area contributed by atoms with Gasteiger partial charge in [0.1, 0.15) is 34.9 Å². The summed E-state index contributed by atoms with van der Waals surface area (Å²) in [6, 6.07) is 12.7. The molecule has 134 valence electrons. The van der Waals surface area contributed by atoms with Gasteiger partial charge in [0.15, 0.2) is 0 Å². The van der Waals surface area contributed by atoms with Gasteiger partial charge in [-0.25, -0.2) is 8.78 Å². The van der Waals surface area contributed by atoms with E-state index in [4.69, 9.17) is 19.4 Å². The Labute approximate surface area is 161 Å². The Morgan fingerprint density at radius 3 is 1.89 bits per heavy atom. The molecule has 0 unspecified atom stereocenters. The van der Waals surface area contributed by atoms with Crippen LogP contribution in [0.2, 0.25) is 0 Å². The smallest absolute Gasteiger partial charge is 0.204 e. The van der Waals surface area contributed by atoms with Crippen molar-refractivity contribution < 1.29 is 17.6 Å². The quantitative estimate of drug-likeness (QED) is 0.343. The molecule has 27 heavy (non-hydrogen) atoms. The van der Waals surface area contributed by atoms with Crippen LogP contribution in [0.15, 0.2) is 45.2 Å². The minimum Gasteiger partial charge on any atom is -0.446 e. The first kappa shape index (κ1) is 18.6. The monoisotopic (exact) mass is 428 g/mol. The summed E-state index contributed by atoms with van der Waals surface area (Å²) >= 11 is 3.17. The first-order valence-electron chi connectivity index (χ1n) is 7.73. The topological polar surface area (TPSA) is 73.9 Å². The molecule has 0 aliphatic heterocycles. The molecular formula is C20H11BrF2N2O2. The molecule has 2 aromatic carbocycles. The van der Waals surface area contributed by atoms with Gasteiger partial charge in [-0.1, -0.05) is 15.9 Å². The van der Waals surface area contributed by atoms with Crippen LogP contribution in [0.25, 0.3) is 21.9 Å². The zero-order valence-electron chi connectivity index (χ0n) is 14.0. The third kappa shape index (κ3) is 3.84. The van der Waals surface area contributed by atoms with Gasteiger partial charge < -0.3 is 8.83 Å². The van der Waals surface area contributed by atoms with Gasteiger partial charge in [0.25, 0.3) is 0 Å². The van der Waals surface area contributed by atoms with Crippen LogP contribution in [0, 0.1) is 41.2 Å². The Bertz CT molecular complexity index is 1190. The van der Waals surface area contributed by atoms with Crippen molar-refractivity contribution in [3.05, 3.63) is 70.7 Å². The second kappa shape index (κ2) is 7.61. The van der Waals surface area contributed by atoms with Crippen LogP contribution >= 0.6 is 15.9 Å². The fraction of sp³-hybridized carbons (Fsp3) is 0.100. The molecule has 0 saturated heterocycles. The molecule has 2 aromatic heterocycles. The molecule has 7 heteroatoms. The highest BCUT2D eigenvalue weighted by atomic mass is 79.9. The standard InChI is InChI=1S/C10H5BrFNO.C10H6FNO/c11-4-7-3-10-6(2-9(7)12)1-8(5-13)14-10;1-6-2-10-7(4-9(6)11)3-8(5-12)13-10/h1-3H,4H2;2-4H,1H3. The largest absolute Gasteiger partial charge is 0.446 e. The van der Waals surface area contributed by atoms with Crippen molar-refractivity contribution in [2.75, 3.05) is 0 Å². The molecule has 0 saturated carbocycles. The van der Waals surface area contributed by atoms with Crippen molar-refractivity contribution in [1.29, 1.82) is 10.5 Å². The minimum atomic E-state index is -0.292. The van der Waals surface area contributed by atoms with E-state index in [1.807, 2.05) is 12.1 Å². The molecule has 4 nitrogen and oxygen atoms in total. The number of halogens is 3. The molecule has 0 bridgehead atoms. The Hall–Kier alpha value is -3.16. The van der Waals surface area contributed by atoms with E-state index in [9.17, 15) is 8.78 Å². The maximum Gasteiger partial charge on any atom is 0.204 e. The summed E-state index contributed by atoms with van der Waals surface area (Å²) in [6.07, 6.45) is 0. The molecule has 4 aromatic rings. The van der Waals surface area contributed by atoms with Crippen molar-refractivity contribution in [2.45, 2.75) is 12.3 Å². The molecule has 0 atom stereocenters. The molecule has 0 amide bonds. The Balaban J connectivity index is 0.000000156. The maximum atomic E-state index is 13.3. The number of hydrogen-bond acceptors (Lipinski definition) is 4. The van der Waals surface area contributed by atoms with Crippen molar-refractivity contribution in [1.82, 2.24) is 0 Å². The molecule has 0 spiro atoms. The van der Waals surface area contributed by atoms with E-state index >= 15 is 0 Å². The van der Waals surface area contributed by atoms with Gasteiger partial charge in [0.05, 0.1) is 0 Å². The predicted octanol–water partition coefficient (Wildman–Crippen LogP) is 6.09. The zero-order chi connectivity index (χ0) is 19.6. The molecule has 0 radical (unpaired) electrons. The average Bonchev–Trinajstić information content (AvgIpc) is 3.24.